The molecule has 0 spiro atoms. The molecule has 0 radical (unpaired) electrons. The molecule has 0 aromatic heterocycles. The summed E-state index contributed by atoms with van der Waals surface area (Å²) in [7, 11) is 1.77. The van der Waals surface area contributed by atoms with Crippen molar-refractivity contribution in [3.63, 3.8) is 0 Å². The first-order chi connectivity index (χ1) is 9.83. The smallest absolute Gasteiger partial charge is 0.106 e. The number of rotatable bonds is 5. The number of nitrogens with one attached hydrogen (secondary N) is 1. The number of methoxy groups -OCH3 is 1. The molecule has 1 atom stereocenters. The highest BCUT2D eigenvalue weighted by atomic mass is 16.5. The Hall–Kier alpha value is -1.42. The Labute approximate surface area is 119 Å². The van der Waals surface area contributed by atoms with Crippen LogP contribution in [-0.2, 0) is 16.0 Å². The second-order valence-electron chi connectivity index (χ2n) is 5.43. The normalized spacial score (nSPS) is 22.4. The van der Waals surface area contributed by atoms with Gasteiger partial charge in [-0.2, -0.15) is 0 Å². The molecule has 3 heteroatoms. The van der Waals surface area contributed by atoms with Gasteiger partial charge in [0.2, 0.25) is 0 Å². The molecular formula is C17H21NO2. The Morgan fingerprint density at radius 1 is 1.20 bits per heavy atom. The van der Waals surface area contributed by atoms with Crippen molar-refractivity contribution in [2.24, 2.45) is 0 Å². The molecule has 1 aliphatic heterocycles. The highest BCUT2D eigenvalue weighted by Gasteiger charge is 2.34. The molecule has 2 aromatic carbocycles. The van der Waals surface area contributed by atoms with Crippen LogP contribution in [0.15, 0.2) is 42.5 Å². The third-order valence-corrected chi connectivity index (χ3v) is 4.14. The largest absolute Gasteiger partial charge is 0.378 e. The van der Waals surface area contributed by atoms with Crippen LogP contribution in [0.1, 0.15) is 12.0 Å². The molecule has 1 saturated heterocycles. The zero-order valence-electron chi connectivity index (χ0n) is 11.9. The molecule has 2 aromatic rings. The summed E-state index contributed by atoms with van der Waals surface area (Å²) in [6.45, 7) is 3.16. The molecule has 1 aliphatic rings. The van der Waals surface area contributed by atoms with E-state index in [0.717, 1.165) is 26.1 Å². The summed E-state index contributed by atoms with van der Waals surface area (Å²) in [5.41, 5.74) is 1.18. The average molecular weight is 271 g/mol. The van der Waals surface area contributed by atoms with Crippen molar-refractivity contribution < 1.29 is 9.47 Å². The Balaban J connectivity index is 1.68. The van der Waals surface area contributed by atoms with Crippen LogP contribution in [0.4, 0.5) is 0 Å². The predicted molar refractivity (Wildman–Crippen MR) is 80.8 cm³/mol. The van der Waals surface area contributed by atoms with Gasteiger partial charge in [-0.25, -0.2) is 0 Å². The first-order valence-electron chi connectivity index (χ1n) is 7.13. The van der Waals surface area contributed by atoms with Crippen LogP contribution in [0.3, 0.4) is 0 Å². The van der Waals surface area contributed by atoms with Gasteiger partial charge >= 0.3 is 0 Å². The number of benzene rings is 2. The van der Waals surface area contributed by atoms with Gasteiger partial charge in [0.15, 0.2) is 0 Å². The third kappa shape index (κ3) is 2.70. The van der Waals surface area contributed by atoms with E-state index in [1.54, 1.807) is 7.11 Å². The summed E-state index contributed by atoms with van der Waals surface area (Å²) in [4.78, 5) is 0. The molecule has 20 heavy (non-hydrogen) atoms. The highest BCUT2D eigenvalue weighted by Crippen LogP contribution is 2.22. The van der Waals surface area contributed by atoms with Crippen LogP contribution in [0.2, 0.25) is 0 Å². The maximum Gasteiger partial charge on any atom is 0.106 e. The Bertz CT molecular complexity index is 571. The quantitative estimate of drug-likeness (QED) is 0.907. The molecule has 1 heterocycles. The monoisotopic (exact) mass is 271 g/mol. The number of hydrogen-bond acceptors (Lipinski definition) is 3. The summed E-state index contributed by atoms with van der Waals surface area (Å²) < 4.78 is 11.1. The van der Waals surface area contributed by atoms with Crippen molar-refractivity contribution in [1.29, 1.82) is 0 Å². The fourth-order valence-electron chi connectivity index (χ4n) is 2.83. The van der Waals surface area contributed by atoms with Crippen LogP contribution < -0.4 is 5.32 Å². The van der Waals surface area contributed by atoms with Crippen LogP contribution in [0.25, 0.3) is 10.8 Å². The van der Waals surface area contributed by atoms with Crippen molar-refractivity contribution in [3.8, 4) is 0 Å². The summed E-state index contributed by atoms with van der Waals surface area (Å²) in [5.74, 6) is 0. The maximum atomic E-state index is 5.64. The SMILES string of the molecule is COC1(CNCc2cccc3ccccc23)CCOC1. The minimum Gasteiger partial charge on any atom is -0.378 e. The number of ether oxygens (including phenoxy) is 2. The third-order valence-electron chi connectivity index (χ3n) is 4.14. The topological polar surface area (TPSA) is 30.5 Å². The molecule has 106 valence electrons. The van der Waals surface area contributed by atoms with E-state index in [0.29, 0.717) is 6.61 Å². The summed E-state index contributed by atoms with van der Waals surface area (Å²) in [6.07, 6.45) is 0.964. The molecular weight excluding hydrogens is 250 g/mol. The van der Waals surface area contributed by atoms with Crippen LogP contribution in [-0.4, -0.2) is 32.5 Å². The standard InChI is InChI=1S/C17H21NO2/c1-19-17(9-10-20-13-17)12-18-11-15-7-4-6-14-5-2-3-8-16(14)15/h2-8,18H,9-13H2,1H3. The lowest BCUT2D eigenvalue weighted by Crippen LogP contribution is -2.42. The van der Waals surface area contributed by atoms with Crippen molar-refractivity contribution >= 4 is 10.8 Å². The van der Waals surface area contributed by atoms with Gasteiger partial charge in [-0.3, -0.25) is 0 Å². The number of fused-ring (bicyclic) bond motifs is 1. The van der Waals surface area contributed by atoms with Gasteiger partial charge in [0, 0.05) is 33.2 Å². The molecule has 3 nitrogen and oxygen atoms in total. The predicted octanol–water partition coefficient (Wildman–Crippen LogP) is 2.73. The van der Waals surface area contributed by atoms with Gasteiger partial charge < -0.3 is 14.8 Å². The summed E-state index contributed by atoms with van der Waals surface area (Å²) in [5, 5.41) is 6.13. The Kier molecular flexibility index (Phi) is 4.01. The maximum absolute atomic E-state index is 5.64. The van der Waals surface area contributed by atoms with Crippen molar-refractivity contribution in [2.45, 2.75) is 18.6 Å². The van der Waals surface area contributed by atoms with Crippen molar-refractivity contribution in [1.82, 2.24) is 5.32 Å². The lowest BCUT2D eigenvalue weighted by atomic mass is 10.0. The molecule has 1 unspecified atom stereocenters. The van der Waals surface area contributed by atoms with Crippen LogP contribution >= 0.6 is 0 Å². The lowest BCUT2D eigenvalue weighted by Gasteiger charge is -2.26. The zero-order chi connectivity index (χ0) is 13.8. The highest BCUT2D eigenvalue weighted by molar-refractivity contribution is 5.85. The minimum atomic E-state index is -0.148. The first kappa shape index (κ1) is 13.6. The minimum absolute atomic E-state index is 0.148. The molecule has 1 fully saturated rings. The van der Waals surface area contributed by atoms with Gasteiger partial charge in [0.05, 0.1) is 6.61 Å². The second-order valence-corrected chi connectivity index (χ2v) is 5.43. The van der Waals surface area contributed by atoms with E-state index in [1.165, 1.54) is 16.3 Å². The molecule has 1 N–H and O–H groups in total. The van der Waals surface area contributed by atoms with E-state index in [4.69, 9.17) is 9.47 Å². The molecule has 0 amide bonds. The van der Waals surface area contributed by atoms with Gasteiger partial charge in [-0.05, 0) is 16.3 Å². The van der Waals surface area contributed by atoms with E-state index in [-0.39, 0.29) is 5.60 Å². The van der Waals surface area contributed by atoms with Crippen molar-refractivity contribution in [2.75, 3.05) is 26.9 Å². The van der Waals surface area contributed by atoms with Crippen LogP contribution in [0, 0.1) is 0 Å². The summed E-state index contributed by atoms with van der Waals surface area (Å²) in [6, 6.07) is 14.9. The van der Waals surface area contributed by atoms with Crippen LogP contribution in [0.5, 0.6) is 0 Å². The molecule has 0 aliphatic carbocycles. The van der Waals surface area contributed by atoms with E-state index in [9.17, 15) is 0 Å². The number of hydrogen-bond donors (Lipinski definition) is 1. The fourth-order valence-corrected chi connectivity index (χ4v) is 2.83. The van der Waals surface area contributed by atoms with Gasteiger partial charge in [0.25, 0.3) is 0 Å². The molecule has 3 rings (SSSR count). The second kappa shape index (κ2) is 5.92. The zero-order valence-corrected chi connectivity index (χ0v) is 11.9. The molecule has 0 bridgehead atoms. The van der Waals surface area contributed by atoms with E-state index < -0.39 is 0 Å². The lowest BCUT2D eigenvalue weighted by molar-refractivity contribution is -0.0159. The molecule has 0 saturated carbocycles. The van der Waals surface area contributed by atoms with E-state index in [1.807, 2.05) is 0 Å². The first-order valence-corrected chi connectivity index (χ1v) is 7.13. The van der Waals surface area contributed by atoms with Gasteiger partial charge in [-0.15, -0.1) is 0 Å². The Morgan fingerprint density at radius 2 is 2.05 bits per heavy atom. The Morgan fingerprint density at radius 3 is 2.85 bits per heavy atom. The van der Waals surface area contributed by atoms with Gasteiger partial charge in [0.1, 0.15) is 5.60 Å². The van der Waals surface area contributed by atoms with Crippen molar-refractivity contribution in [3.05, 3.63) is 48.0 Å². The van der Waals surface area contributed by atoms with Gasteiger partial charge in [-0.1, -0.05) is 42.5 Å². The average Bonchev–Trinajstić information content (AvgIpc) is 2.97. The van der Waals surface area contributed by atoms with E-state index in [2.05, 4.69) is 47.8 Å². The summed E-state index contributed by atoms with van der Waals surface area (Å²) >= 11 is 0. The van der Waals surface area contributed by atoms with E-state index >= 15 is 0 Å². The fraction of sp³-hybridized carbons (Fsp3) is 0.412.